The number of hydrogen-bond donors (Lipinski definition) is 0. The van der Waals surface area contributed by atoms with Gasteiger partial charge in [0.05, 0.1) is 12.7 Å². The number of alkyl halides is 3. The summed E-state index contributed by atoms with van der Waals surface area (Å²) in [5, 5.41) is 0.734. The molecular formula is C30H28F3NO3S. The Kier molecular flexibility index (Phi) is 7.72. The summed E-state index contributed by atoms with van der Waals surface area (Å²) < 4.78 is 51.4. The molecular weight excluding hydrogens is 511 g/mol. The van der Waals surface area contributed by atoms with E-state index in [2.05, 4.69) is 4.90 Å². The van der Waals surface area contributed by atoms with Crippen LogP contribution >= 0.6 is 11.3 Å². The first-order chi connectivity index (χ1) is 18.3. The van der Waals surface area contributed by atoms with Gasteiger partial charge in [-0.2, -0.15) is 13.2 Å². The largest absolute Gasteiger partial charge is 0.497 e. The highest BCUT2D eigenvalue weighted by Gasteiger charge is 2.30. The monoisotopic (exact) mass is 539 g/mol. The van der Waals surface area contributed by atoms with Crippen LogP contribution < -0.4 is 9.47 Å². The quantitative estimate of drug-likeness (QED) is 0.215. The van der Waals surface area contributed by atoms with E-state index in [0.717, 1.165) is 41.9 Å². The maximum atomic E-state index is 13.8. The summed E-state index contributed by atoms with van der Waals surface area (Å²) in [6, 6.07) is 17.4. The Morgan fingerprint density at radius 1 is 0.921 bits per heavy atom. The van der Waals surface area contributed by atoms with E-state index in [4.69, 9.17) is 9.47 Å². The van der Waals surface area contributed by atoms with Crippen molar-refractivity contribution >= 4 is 27.2 Å². The van der Waals surface area contributed by atoms with Crippen LogP contribution in [0.1, 0.15) is 40.7 Å². The van der Waals surface area contributed by atoms with E-state index >= 15 is 0 Å². The molecule has 0 atom stereocenters. The minimum absolute atomic E-state index is 0.198. The van der Waals surface area contributed by atoms with Gasteiger partial charge in [-0.05, 0) is 86.1 Å². The van der Waals surface area contributed by atoms with Crippen LogP contribution in [0.4, 0.5) is 13.2 Å². The Morgan fingerprint density at radius 2 is 1.61 bits per heavy atom. The van der Waals surface area contributed by atoms with Crippen molar-refractivity contribution in [3.63, 3.8) is 0 Å². The van der Waals surface area contributed by atoms with E-state index in [1.165, 1.54) is 42.7 Å². The smallest absolute Gasteiger partial charge is 0.416 e. The molecule has 1 aromatic heterocycles. The molecule has 0 spiro atoms. The van der Waals surface area contributed by atoms with Gasteiger partial charge in [0.25, 0.3) is 0 Å². The van der Waals surface area contributed by atoms with Gasteiger partial charge in [0.2, 0.25) is 0 Å². The fraction of sp³-hybridized carbons (Fsp3) is 0.300. The van der Waals surface area contributed by atoms with Crippen molar-refractivity contribution < 1.29 is 27.4 Å². The fourth-order valence-electron chi connectivity index (χ4n) is 4.77. The van der Waals surface area contributed by atoms with Gasteiger partial charge in [-0.15, -0.1) is 11.3 Å². The Labute approximate surface area is 223 Å². The number of thiophene rings is 1. The van der Waals surface area contributed by atoms with E-state index in [0.29, 0.717) is 39.7 Å². The highest BCUT2D eigenvalue weighted by Crippen LogP contribution is 2.42. The second-order valence-electron chi connectivity index (χ2n) is 9.35. The van der Waals surface area contributed by atoms with Gasteiger partial charge in [0, 0.05) is 32.6 Å². The Balaban J connectivity index is 1.42. The molecule has 1 aliphatic heterocycles. The first-order valence-corrected chi connectivity index (χ1v) is 13.4. The lowest BCUT2D eigenvalue weighted by Crippen LogP contribution is -2.33. The number of ketones is 1. The van der Waals surface area contributed by atoms with Crippen molar-refractivity contribution in [2.45, 2.75) is 25.4 Å². The molecule has 4 aromatic rings. The van der Waals surface area contributed by atoms with E-state index in [1.807, 2.05) is 12.1 Å². The van der Waals surface area contributed by atoms with E-state index in [1.54, 1.807) is 37.4 Å². The zero-order valence-electron chi connectivity index (χ0n) is 21.0. The number of methoxy groups -OCH3 is 1. The van der Waals surface area contributed by atoms with Crippen molar-refractivity contribution in [1.29, 1.82) is 0 Å². The molecule has 3 aromatic carbocycles. The number of carbonyl (C=O) groups is 1. The van der Waals surface area contributed by atoms with Crippen molar-refractivity contribution in [3.8, 4) is 21.9 Å². The Bertz CT molecular complexity index is 1410. The van der Waals surface area contributed by atoms with Crippen LogP contribution in [0, 0.1) is 0 Å². The number of ether oxygens (including phenoxy) is 2. The van der Waals surface area contributed by atoms with Crippen molar-refractivity contribution in [1.82, 2.24) is 4.90 Å². The summed E-state index contributed by atoms with van der Waals surface area (Å²) in [5.41, 5.74) is 0.773. The van der Waals surface area contributed by atoms with Gasteiger partial charge in [0.1, 0.15) is 18.1 Å². The average Bonchev–Trinajstić information content (AvgIpc) is 3.32. The summed E-state index contributed by atoms with van der Waals surface area (Å²) in [7, 11) is 1.56. The third-order valence-corrected chi connectivity index (χ3v) is 8.04. The molecule has 1 fully saturated rings. The first-order valence-electron chi connectivity index (χ1n) is 12.6. The highest BCUT2D eigenvalue weighted by molar-refractivity contribution is 7.22. The SMILES string of the molecule is COc1ccc2c(C(=O)c3ccc(OCCN4CCCCC4)cc3)c(-c3ccc(C(F)(F)F)cc3)sc2c1. The minimum atomic E-state index is -4.43. The number of nitrogens with zero attached hydrogens (tertiary/aromatic N) is 1. The molecule has 5 rings (SSSR count). The third-order valence-electron chi connectivity index (χ3n) is 6.84. The molecule has 4 nitrogen and oxygen atoms in total. The van der Waals surface area contributed by atoms with Gasteiger partial charge in [-0.3, -0.25) is 9.69 Å². The Hall–Kier alpha value is -3.36. The zero-order chi connectivity index (χ0) is 26.7. The zero-order valence-corrected chi connectivity index (χ0v) is 21.8. The van der Waals surface area contributed by atoms with E-state index < -0.39 is 11.7 Å². The lowest BCUT2D eigenvalue weighted by molar-refractivity contribution is -0.137. The molecule has 38 heavy (non-hydrogen) atoms. The maximum Gasteiger partial charge on any atom is 0.416 e. The van der Waals surface area contributed by atoms with E-state index in [9.17, 15) is 18.0 Å². The Morgan fingerprint density at radius 3 is 2.26 bits per heavy atom. The summed E-state index contributed by atoms with van der Waals surface area (Å²) in [5.74, 6) is 1.14. The average molecular weight is 540 g/mol. The number of likely N-dealkylation sites (tertiary alicyclic amines) is 1. The molecule has 198 valence electrons. The first kappa shape index (κ1) is 26.3. The number of piperidine rings is 1. The minimum Gasteiger partial charge on any atom is -0.497 e. The lowest BCUT2D eigenvalue weighted by atomic mass is 9.97. The number of hydrogen-bond acceptors (Lipinski definition) is 5. The van der Waals surface area contributed by atoms with Gasteiger partial charge >= 0.3 is 6.18 Å². The molecule has 0 bridgehead atoms. The predicted molar refractivity (Wildman–Crippen MR) is 144 cm³/mol. The molecule has 0 amide bonds. The number of halogens is 3. The molecule has 0 saturated carbocycles. The van der Waals surface area contributed by atoms with Crippen LogP contribution in [0.5, 0.6) is 11.5 Å². The number of carbonyl (C=O) groups excluding carboxylic acids is 1. The highest BCUT2D eigenvalue weighted by atomic mass is 32.1. The topological polar surface area (TPSA) is 38.8 Å². The number of benzene rings is 3. The molecule has 1 saturated heterocycles. The summed E-state index contributed by atoms with van der Waals surface area (Å²) in [6.07, 6.45) is -0.673. The molecule has 0 radical (unpaired) electrons. The second kappa shape index (κ2) is 11.2. The molecule has 1 aliphatic rings. The van der Waals surface area contributed by atoms with Gasteiger partial charge < -0.3 is 9.47 Å². The van der Waals surface area contributed by atoms with Crippen LogP contribution in [0.2, 0.25) is 0 Å². The van der Waals surface area contributed by atoms with Crippen LogP contribution in [0.15, 0.2) is 66.7 Å². The van der Waals surface area contributed by atoms with Gasteiger partial charge in [-0.25, -0.2) is 0 Å². The third kappa shape index (κ3) is 5.71. The predicted octanol–water partition coefficient (Wildman–Crippen LogP) is 7.69. The second-order valence-corrected chi connectivity index (χ2v) is 10.4. The summed E-state index contributed by atoms with van der Waals surface area (Å²) in [4.78, 5) is 16.8. The molecule has 0 unspecified atom stereocenters. The number of fused-ring (bicyclic) bond motifs is 1. The van der Waals surface area contributed by atoms with Crippen LogP contribution in [-0.4, -0.2) is 44.0 Å². The molecule has 8 heteroatoms. The number of rotatable bonds is 8. The molecule has 0 N–H and O–H groups in total. The fourth-order valence-corrected chi connectivity index (χ4v) is 6.00. The van der Waals surface area contributed by atoms with Crippen LogP contribution in [-0.2, 0) is 6.18 Å². The van der Waals surface area contributed by atoms with Crippen molar-refractivity contribution in [3.05, 3.63) is 83.4 Å². The standard InChI is InChI=1S/C30H28F3NO3S/c1-36-24-13-14-25-26(19-24)38-29(21-5-9-22(10-6-21)30(31,32)33)27(25)28(35)20-7-11-23(12-8-20)37-18-17-34-15-3-2-4-16-34/h5-14,19H,2-4,15-18H2,1H3. The van der Waals surface area contributed by atoms with Crippen molar-refractivity contribution in [2.24, 2.45) is 0 Å². The van der Waals surface area contributed by atoms with Crippen LogP contribution in [0.25, 0.3) is 20.5 Å². The van der Waals surface area contributed by atoms with Crippen molar-refractivity contribution in [2.75, 3.05) is 33.4 Å². The van der Waals surface area contributed by atoms with E-state index in [-0.39, 0.29) is 5.78 Å². The molecule has 0 aliphatic carbocycles. The van der Waals surface area contributed by atoms with Crippen LogP contribution in [0.3, 0.4) is 0 Å². The normalized spacial score (nSPS) is 14.5. The molecule has 2 heterocycles. The maximum absolute atomic E-state index is 13.8. The summed E-state index contributed by atoms with van der Waals surface area (Å²) >= 11 is 1.36. The van der Waals surface area contributed by atoms with Gasteiger partial charge in [0.15, 0.2) is 5.78 Å². The van der Waals surface area contributed by atoms with Gasteiger partial charge in [-0.1, -0.05) is 18.6 Å². The summed E-state index contributed by atoms with van der Waals surface area (Å²) in [6.45, 7) is 3.68. The lowest BCUT2D eigenvalue weighted by Gasteiger charge is -2.26.